The van der Waals surface area contributed by atoms with E-state index in [4.69, 9.17) is 0 Å². The molecule has 210 valence electrons. The third-order valence-electron chi connectivity index (χ3n) is 8.23. The fourth-order valence-electron chi connectivity index (χ4n) is 6.30. The predicted molar refractivity (Wildman–Crippen MR) is 129 cm³/mol. The standard InChI is InChI=1S/C29H33F7O2/c1-2-3-17-4-6-18(7-5-17)19-8-10-20(11-9-19)21-12-13-23(24(30)14-21)29(35,36)38-22-15-25(31)27(26(32)16-22)37-28(33)34/h12-20,28H,2-11H2,1H3/t17-,18-,19-,20-. The van der Waals surface area contributed by atoms with Gasteiger partial charge >= 0.3 is 12.7 Å². The summed E-state index contributed by atoms with van der Waals surface area (Å²) in [6, 6.07) is 3.99. The number of hydrogen-bond acceptors (Lipinski definition) is 2. The molecule has 2 fully saturated rings. The Morgan fingerprint density at radius 1 is 0.816 bits per heavy atom. The molecule has 4 rings (SSSR count). The quantitative estimate of drug-likeness (QED) is 0.292. The van der Waals surface area contributed by atoms with E-state index in [0.717, 1.165) is 49.7 Å². The molecular formula is C29H33F7O2. The maximum absolute atomic E-state index is 14.8. The van der Waals surface area contributed by atoms with E-state index in [9.17, 15) is 30.7 Å². The van der Waals surface area contributed by atoms with Gasteiger partial charge in [0.15, 0.2) is 17.4 Å². The highest BCUT2D eigenvalue weighted by Crippen LogP contribution is 2.45. The second-order valence-corrected chi connectivity index (χ2v) is 10.6. The molecule has 2 aromatic rings. The van der Waals surface area contributed by atoms with Gasteiger partial charge in [-0.15, -0.1) is 0 Å². The van der Waals surface area contributed by atoms with Crippen LogP contribution in [0.2, 0.25) is 0 Å². The van der Waals surface area contributed by atoms with Crippen LogP contribution in [0.5, 0.6) is 11.5 Å². The van der Waals surface area contributed by atoms with E-state index in [-0.39, 0.29) is 18.1 Å². The van der Waals surface area contributed by atoms with Gasteiger partial charge < -0.3 is 9.47 Å². The van der Waals surface area contributed by atoms with Crippen molar-refractivity contribution in [3.05, 3.63) is 58.9 Å². The lowest BCUT2D eigenvalue weighted by atomic mass is 9.68. The lowest BCUT2D eigenvalue weighted by molar-refractivity contribution is -0.187. The molecule has 2 nitrogen and oxygen atoms in total. The van der Waals surface area contributed by atoms with Crippen LogP contribution >= 0.6 is 0 Å². The van der Waals surface area contributed by atoms with Crippen LogP contribution in [0.15, 0.2) is 30.3 Å². The summed E-state index contributed by atoms with van der Waals surface area (Å²) in [5, 5.41) is 0. The largest absolute Gasteiger partial charge is 0.429 e. The summed E-state index contributed by atoms with van der Waals surface area (Å²) < 4.78 is 105. The van der Waals surface area contributed by atoms with E-state index in [1.165, 1.54) is 44.6 Å². The van der Waals surface area contributed by atoms with Gasteiger partial charge in [0.2, 0.25) is 0 Å². The predicted octanol–water partition coefficient (Wildman–Crippen LogP) is 9.71. The van der Waals surface area contributed by atoms with Crippen molar-refractivity contribution in [3.8, 4) is 11.5 Å². The van der Waals surface area contributed by atoms with Crippen molar-refractivity contribution in [1.82, 2.24) is 0 Å². The first-order chi connectivity index (χ1) is 18.1. The lowest BCUT2D eigenvalue weighted by Crippen LogP contribution is -2.26. The van der Waals surface area contributed by atoms with Crippen LogP contribution in [0.3, 0.4) is 0 Å². The third-order valence-corrected chi connectivity index (χ3v) is 8.23. The van der Waals surface area contributed by atoms with Crippen molar-refractivity contribution in [2.75, 3.05) is 0 Å². The molecule has 0 spiro atoms. The molecule has 0 radical (unpaired) electrons. The summed E-state index contributed by atoms with van der Waals surface area (Å²) in [4.78, 5) is 0. The fraction of sp³-hybridized carbons (Fsp3) is 0.586. The van der Waals surface area contributed by atoms with Crippen molar-refractivity contribution in [1.29, 1.82) is 0 Å². The van der Waals surface area contributed by atoms with E-state index in [0.29, 0.717) is 11.5 Å². The van der Waals surface area contributed by atoms with Gasteiger partial charge in [-0.1, -0.05) is 38.7 Å². The maximum Gasteiger partial charge on any atom is 0.429 e. The molecule has 0 bridgehead atoms. The minimum atomic E-state index is -4.26. The summed E-state index contributed by atoms with van der Waals surface area (Å²) in [7, 11) is 0. The van der Waals surface area contributed by atoms with Gasteiger partial charge in [0.05, 0.1) is 5.56 Å². The minimum absolute atomic E-state index is 0.0753. The SMILES string of the molecule is CCC[C@H]1CC[C@H]([C@H]2CC[C@H](c3ccc(C(F)(F)Oc4cc(F)c(OC(F)F)c(F)c4)c(F)c3)CC2)CC1. The normalized spacial score (nSPS) is 24.4. The monoisotopic (exact) mass is 546 g/mol. The zero-order valence-corrected chi connectivity index (χ0v) is 21.3. The van der Waals surface area contributed by atoms with Crippen molar-refractivity contribution in [2.45, 2.75) is 89.8 Å². The molecule has 9 heteroatoms. The number of rotatable bonds is 9. The number of benzene rings is 2. The van der Waals surface area contributed by atoms with Crippen LogP contribution in [0.4, 0.5) is 30.7 Å². The van der Waals surface area contributed by atoms with Crippen molar-refractivity contribution >= 4 is 0 Å². The summed E-state index contributed by atoms with van der Waals surface area (Å²) in [6.45, 7) is -1.28. The summed E-state index contributed by atoms with van der Waals surface area (Å²) >= 11 is 0. The van der Waals surface area contributed by atoms with Crippen LogP contribution in [0.1, 0.15) is 88.2 Å². The molecule has 2 aliphatic carbocycles. The van der Waals surface area contributed by atoms with Gasteiger partial charge in [0, 0.05) is 12.1 Å². The van der Waals surface area contributed by atoms with Crippen molar-refractivity contribution < 1.29 is 40.2 Å². The zero-order valence-electron chi connectivity index (χ0n) is 21.3. The molecule has 0 N–H and O–H groups in total. The van der Waals surface area contributed by atoms with Crippen LogP contribution in [-0.4, -0.2) is 6.61 Å². The Morgan fingerprint density at radius 2 is 1.39 bits per heavy atom. The molecule has 0 saturated heterocycles. The first-order valence-electron chi connectivity index (χ1n) is 13.4. The van der Waals surface area contributed by atoms with Gasteiger partial charge in [-0.2, -0.15) is 17.6 Å². The molecule has 0 unspecified atom stereocenters. The Labute approximate surface area is 218 Å². The molecule has 0 aromatic heterocycles. The Kier molecular flexibility index (Phi) is 9.14. The number of ether oxygens (including phenoxy) is 2. The average Bonchev–Trinajstić information content (AvgIpc) is 2.86. The van der Waals surface area contributed by atoms with Gasteiger partial charge in [-0.05, 0) is 79.9 Å². The molecular weight excluding hydrogens is 513 g/mol. The van der Waals surface area contributed by atoms with E-state index >= 15 is 0 Å². The average molecular weight is 547 g/mol. The minimum Gasteiger partial charge on any atom is -0.429 e. The molecule has 0 atom stereocenters. The summed E-state index contributed by atoms with van der Waals surface area (Å²) in [5.74, 6) is -4.60. The highest BCUT2D eigenvalue weighted by molar-refractivity contribution is 5.36. The van der Waals surface area contributed by atoms with Gasteiger partial charge in [-0.25, -0.2) is 13.2 Å². The fourth-order valence-corrected chi connectivity index (χ4v) is 6.30. The number of alkyl halides is 4. The summed E-state index contributed by atoms with van der Waals surface area (Å²) in [5.41, 5.74) is -0.453. The Bertz CT molecular complexity index is 1050. The Hall–Kier alpha value is -2.45. The molecule has 2 aliphatic rings. The Morgan fingerprint density at radius 3 is 1.92 bits per heavy atom. The maximum atomic E-state index is 14.8. The first-order valence-corrected chi connectivity index (χ1v) is 13.4. The van der Waals surface area contributed by atoms with Gasteiger partial charge in [0.1, 0.15) is 11.6 Å². The molecule has 0 aliphatic heterocycles. The van der Waals surface area contributed by atoms with E-state index in [1.807, 2.05) is 0 Å². The highest BCUT2D eigenvalue weighted by Gasteiger charge is 2.39. The second-order valence-electron chi connectivity index (χ2n) is 10.6. The van der Waals surface area contributed by atoms with Crippen LogP contribution in [-0.2, 0) is 6.11 Å². The first kappa shape index (κ1) is 28.6. The third kappa shape index (κ3) is 6.75. The molecule has 0 heterocycles. The van der Waals surface area contributed by atoms with Crippen molar-refractivity contribution in [3.63, 3.8) is 0 Å². The molecule has 38 heavy (non-hydrogen) atoms. The van der Waals surface area contributed by atoms with E-state index < -0.39 is 47.2 Å². The van der Waals surface area contributed by atoms with E-state index in [2.05, 4.69) is 16.4 Å². The van der Waals surface area contributed by atoms with Gasteiger partial charge in [0.25, 0.3) is 0 Å². The number of hydrogen-bond donors (Lipinski definition) is 0. The zero-order chi connectivity index (χ0) is 27.4. The highest BCUT2D eigenvalue weighted by atomic mass is 19.3. The Balaban J connectivity index is 1.37. The lowest BCUT2D eigenvalue weighted by Gasteiger charge is -2.38. The topological polar surface area (TPSA) is 18.5 Å². The molecule has 0 amide bonds. The van der Waals surface area contributed by atoms with Crippen molar-refractivity contribution in [2.24, 2.45) is 17.8 Å². The van der Waals surface area contributed by atoms with E-state index in [1.54, 1.807) is 0 Å². The summed E-state index contributed by atoms with van der Waals surface area (Å²) in [6.07, 6.45) is 7.25. The molecule has 2 aromatic carbocycles. The van der Waals surface area contributed by atoms with Gasteiger partial charge in [-0.3, -0.25) is 0 Å². The van der Waals surface area contributed by atoms with Crippen LogP contribution < -0.4 is 9.47 Å². The number of halogens is 7. The molecule has 2 saturated carbocycles. The second kappa shape index (κ2) is 12.2. The van der Waals surface area contributed by atoms with Crippen LogP contribution in [0, 0.1) is 35.2 Å². The smallest absolute Gasteiger partial charge is 0.429 e. The van der Waals surface area contributed by atoms with Crippen LogP contribution in [0.25, 0.3) is 0 Å².